The van der Waals surface area contributed by atoms with Crippen molar-refractivity contribution >= 4 is 0 Å². The van der Waals surface area contributed by atoms with E-state index < -0.39 is 0 Å². The van der Waals surface area contributed by atoms with Crippen molar-refractivity contribution in [1.29, 1.82) is 0 Å². The predicted molar refractivity (Wildman–Crippen MR) is 33.1 cm³/mol. The molecule has 1 saturated heterocycles. The van der Waals surface area contributed by atoms with Gasteiger partial charge in [-0.05, 0) is 12.8 Å². The van der Waals surface area contributed by atoms with Gasteiger partial charge in [-0.25, -0.2) is 0 Å². The van der Waals surface area contributed by atoms with E-state index in [1.54, 1.807) is 0 Å². The molecule has 1 aliphatic carbocycles. The molecule has 0 radical (unpaired) electrons. The summed E-state index contributed by atoms with van der Waals surface area (Å²) in [6.07, 6.45) is 5.01. The Morgan fingerprint density at radius 2 is 2.00 bits per heavy atom. The zero-order chi connectivity index (χ0) is 6.27. The van der Waals surface area contributed by atoms with E-state index in [4.69, 9.17) is 4.74 Å². The summed E-state index contributed by atoms with van der Waals surface area (Å²) < 4.78 is 5.22. The normalized spacial score (nSPS) is 49.7. The summed E-state index contributed by atoms with van der Waals surface area (Å²) in [7, 11) is 0. The first-order valence-corrected chi connectivity index (χ1v) is 3.71. The van der Waals surface area contributed by atoms with Crippen LogP contribution in [0.3, 0.4) is 0 Å². The van der Waals surface area contributed by atoms with Crippen LogP contribution in [0.1, 0.15) is 25.7 Å². The number of rotatable bonds is 0. The van der Waals surface area contributed by atoms with Crippen LogP contribution in [0.25, 0.3) is 0 Å². The van der Waals surface area contributed by atoms with E-state index in [-0.39, 0.29) is 12.2 Å². The third kappa shape index (κ3) is 0.970. The zero-order valence-electron chi connectivity index (χ0n) is 5.42. The molecule has 0 aromatic heterocycles. The second kappa shape index (κ2) is 1.96. The highest BCUT2D eigenvalue weighted by Crippen LogP contribution is 2.34. The Labute approximate surface area is 54.8 Å². The van der Waals surface area contributed by atoms with Crippen molar-refractivity contribution in [3.63, 3.8) is 0 Å². The maximum absolute atomic E-state index is 9.27. The summed E-state index contributed by atoms with van der Waals surface area (Å²) in [4.78, 5) is 0. The minimum absolute atomic E-state index is 0.155. The molecule has 2 fully saturated rings. The Morgan fingerprint density at radius 1 is 1.22 bits per heavy atom. The second-order valence-electron chi connectivity index (χ2n) is 2.99. The molecular formula is C7H12O2. The van der Waals surface area contributed by atoms with E-state index in [0.29, 0.717) is 6.10 Å². The summed E-state index contributed by atoms with van der Waals surface area (Å²) in [5.74, 6) is 0. The highest BCUT2D eigenvalue weighted by atomic mass is 16.6. The smallest absolute Gasteiger partial charge is 0.110 e. The average Bonchev–Trinajstić information content (AvgIpc) is 2.55. The van der Waals surface area contributed by atoms with Crippen LogP contribution in [0.4, 0.5) is 0 Å². The third-order valence-electron chi connectivity index (χ3n) is 2.24. The van der Waals surface area contributed by atoms with Crippen LogP contribution < -0.4 is 0 Å². The Morgan fingerprint density at radius 3 is 2.89 bits per heavy atom. The molecule has 2 rings (SSSR count). The van der Waals surface area contributed by atoms with Crippen LogP contribution >= 0.6 is 0 Å². The fraction of sp³-hybridized carbons (Fsp3) is 1.00. The fourth-order valence-corrected chi connectivity index (χ4v) is 1.59. The van der Waals surface area contributed by atoms with Crippen molar-refractivity contribution in [1.82, 2.24) is 0 Å². The number of fused-ring (bicyclic) bond motifs is 1. The minimum Gasteiger partial charge on any atom is -0.390 e. The summed E-state index contributed by atoms with van der Waals surface area (Å²) in [5.41, 5.74) is 0. The van der Waals surface area contributed by atoms with Gasteiger partial charge in [0.15, 0.2) is 0 Å². The van der Waals surface area contributed by atoms with E-state index in [1.165, 1.54) is 19.3 Å². The molecule has 0 amide bonds. The molecule has 9 heavy (non-hydrogen) atoms. The molecule has 1 aliphatic heterocycles. The molecule has 2 heteroatoms. The largest absolute Gasteiger partial charge is 0.390 e. The van der Waals surface area contributed by atoms with Crippen molar-refractivity contribution in [3.05, 3.63) is 0 Å². The first-order valence-electron chi connectivity index (χ1n) is 3.71. The number of ether oxygens (including phenoxy) is 1. The Hall–Kier alpha value is -0.0800. The van der Waals surface area contributed by atoms with Gasteiger partial charge in [-0.2, -0.15) is 0 Å². The third-order valence-corrected chi connectivity index (χ3v) is 2.24. The summed E-state index contributed by atoms with van der Waals surface area (Å²) in [6.45, 7) is 0. The van der Waals surface area contributed by atoms with Gasteiger partial charge < -0.3 is 9.84 Å². The zero-order valence-corrected chi connectivity index (χ0v) is 5.42. The lowest BCUT2D eigenvalue weighted by atomic mass is 10.2. The van der Waals surface area contributed by atoms with Gasteiger partial charge in [0, 0.05) is 0 Å². The van der Waals surface area contributed by atoms with E-state index >= 15 is 0 Å². The molecule has 1 saturated carbocycles. The molecule has 0 aromatic carbocycles. The molecular weight excluding hydrogens is 116 g/mol. The van der Waals surface area contributed by atoms with Crippen molar-refractivity contribution in [2.45, 2.75) is 44.0 Å². The van der Waals surface area contributed by atoms with Gasteiger partial charge in [-0.3, -0.25) is 0 Å². The van der Waals surface area contributed by atoms with Crippen molar-refractivity contribution in [2.24, 2.45) is 0 Å². The predicted octanol–water partition coefficient (Wildman–Crippen LogP) is 0.689. The Bertz CT molecular complexity index is 113. The number of aliphatic hydroxyl groups is 1. The standard InChI is InChI=1S/C7H12O2/c8-5-3-1-2-4-6-7(5)9-6/h5-8H,1-4H2/t5-,6+,7-/m0/s1. The van der Waals surface area contributed by atoms with Crippen LogP contribution in [0.15, 0.2) is 0 Å². The molecule has 2 nitrogen and oxygen atoms in total. The number of hydrogen-bond acceptors (Lipinski definition) is 2. The van der Waals surface area contributed by atoms with Crippen LogP contribution in [0, 0.1) is 0 Å². The van der Waals surface area contributed by atoms with E-state index in [1.807, 2.05) is 0 Å². The molecule has 3 atom stereocenters. The van der Waals surface area contributed by atoms with Gasteiger partial charge >= 0.3 is 0 Å². The number of aliphatic hydroxyl groups excluding tert-OH is 1. The summed E-state index contributed by atoms with van der Waals surface area (Å²) in [5, 5.41) is 9.27. The quantitative estimate of drug-likeness (QED) is 0.487. The van der Waals surface area contributed by atoms with Crippen molar-refractivity contribution in [3.8, 4) is 0 Å². The Kier molecular flexibility index (Phi) is 1.24. The summed E-state index contributed by atoms with van der Waals surface area (Å²) >= 11 is 0. The molecule has 0 aromatic rings. The molecule has 52 valence electrons. The fourth-order valence-electron chi connectivity index (χ4n) is 1.59. The van der Waals surface area contributed by atoms with Crippen molar-refractivity contribution < 1.29 is 9.84 Å². The van der Waals surface area contributed by atoms with E-state index in [0.717, 1.165) is 6.42 Å². The first-order chi connectivity index (χ1) is 4.38. The number of epoxide rings is 1. The van der Waals surface area contributed by atoms with Crippen LogP contribution in [-0.4, -0.2) is 23.4 Å². The van der Waals surface area contributed by atoms with Crippen molar-refractivity contribution in [2.75, 3.05) is 0 Å². The van der Waals surface area contributed by atoms with E-state index in [2.05, 4.69) is 0 Å². The molecule has 0 bridgehead atoms. The summed E-state index contributed by atoms with van der Waals surface area (Å²) in [6, 6.07) is 0. The monoisotopic (exact) mass is 128 g/mol. The van der Waals surface area contributed by atoms with Crippen LogP contribution in [0.5, 0.6) is 0 Å². The lowest BCUT2D eigenvalue weighted by Gasteiger charge is -2.02. The Balaban J connectivity index is 1.96. The highest BCUT2D eigenvalue weighted by molar-refractivity contribution is 4.92. The number of hydrogen-bond donors (Lipinski definition) is 1. The van der Waals surface area contributed by atoms with Gasteiger partial charge in [-0.15, -0.1) is 0 Å². The lowest BCUT2D eigenvalue weighted by Crippen LogP contribution is -2.14. The molecule has 0 unspecified atom stereocenters. The SMILES string of the molecule is O[C@H]1CCCC[C@H]2O[C@@H]12. The highest BCUT2D eigenvalue weighted by Gasteiger charge is 2.44. The average molecular weight is 128 g/mol. The van der Waals surface area contributed by atoms with Gasteiger partial charge in [0.25, 0.3) is 0 Å². The topological polar surface area (TPSA) is 32.8 Å². The second-order valence-corrected chi connectivity index (χ2v) is 2.99. The van der Waals surface area contributed by atoms with Crippen LogP contribution in [0.2, 0.25) is 0 Å². The van der Waals surface area contributed by atoms with Gasteiger partial charge in [0.2, 0.25) is 0 Å². The first kappa shape index (κ1) is 5.69. The van der Waals surface area contributed by atoms with E-state index in [9.17, 15) is 5.11 Å². The molecule has 2 aliphatic rings. The minimum atomic E-state index is -0.155. The van der Waals surface area contributed by atoms with Gasteiger partial charge in [0.1, 0.15) is 6.10 Å². The van der Waals surface area contributed by atoms with Gasteiger partial charge in [-0.1, -0.05) is 12.8 Å². The maximum atomic E-state index is 9.27. The molecule has 1 heterocycles. The van der Waals surface area contributed by atoms with Crippen LogP contribution in [-0.2, 0) is 4.74 Å². The molecule has 1 N–H and O–H groups in total. The molecule has 0 spiro atoms. The maximum Gasteiger partial charge on any atom is 0.110 e. The van der Waals surface area contributed by atoms with Gasteiger partial charge in [0.05, 0.1) is 12.2 Å². The lowest BCUT2D eigenvalue weighted by molar-refractivity contribution is 0.122.